The Bertz CT molecular complexity index is 708. The van der Waals surface area contributed by atoms with Crippen molar-refractivity contribution in [2.75, 3.05) is 13.9 Å². The van der Waals surface area contributed by atoms with E-state index in [0.29, 0.717) is 23.8 Å². The summed E-state index contributed by atoms with van der Waals surface area (Å²) in [6.45, 7) is 0.552. The van der Waals surface area contributed by atoms with Crippen LogP contribution in [0.15, 0.2) is 18.2 Å². The minimum Gasteiger partial charge on any atom is -0.476 e. The number of fused-ring (bicyclic) bond motifs is 1. The number of methoxy groups -OCH3 is 1. The molecule has 2 heterocycles. The monoisotopic (exact) mass is 290 g/mol. The highest BCUT2D eigenvalue weighted by molar-refractivity contribution is 5.87. The van der Waals surface area contributed by atoms with Crippen LogP contribution in [0.2, 0.25) is 0 Å². The van der Waals surface area contributed by atoms with Gasteiger partial charge in [-0.3, -0.25) is 4.68 Å². The van der Waals surface area contributed by atoms with Crippen LogP contribution in [0.3, 0.4) is 0 Å². The third kappa shape index (κ3) is 2.31. The molecule has 1 N–H and O–H groups in total. The fourth-order valence-electron chi connectivity index (χ4n) is 2.32. The van der Waals surface area contributed by atoms with Gasteiger partial charge < -0.3 is 19.3 Å². The molecule has 7 nitrogen and oxygen atoms in total. The van der Waals surface area contributed by atoms with E-state index in [-0.39, 0.29) is 12.5 Å². The topological polar surface area (TPSA) is 82.8 Å². The molecular weight excluding hydrogens is 276 g/mol. The van der Waals surface area contributed by atoms with Gasteiger partial charge in [0.2, 0.25) is 6.79 Å². The Morgan fingerprint density at radius 1 is 1.38 bits per heavy atom. The molecule has 0 fully saturated rings. The number of hydrogen-bond acceptors (Lipinski definition) is 5. The number of nitrogens with zero attached hydrogens (tertiary/aromatic N) is 2. The van der Waals surface area contributed by atoms with E-state index < -0.39 is 5.97 Å². The molecule has 1 aliphatic heterocycles. The lowest BCUT2D eigenvalue weighted by Gasteiger charge is -2.10. The number of rotatable bonds is 4. The maximum Gasteiger partial charge on any atom is 0.356 e. The first-order valence-corrected chi connectivity index (χ1v) is 6.29. The second-order valence-corrected chi connectivity index (χ2v) is 4.64. The van der Waals surface area contributed by atoms with Gasteiger partial charge in [0.15, 0.2) is 17.2 Å². The van der Waals surface area contributed by atoms with Crippen molar-refractivity contribution in [2.45, 2.75) is 6.61 Å². The molecule has 7 heteroatoms. The van der Waals surface area contributed by atoms with Crippen LogP contribution in [0.5, 0.6) is 11.5 Å². The van der Waals surface area contributed by atoms with Gasteiger partial charge in [0.1, 0.15) is 0 Å². The second kappa shape index (κ2) is 5.10. The first-order valence-electron chi connectivity index (χ1n) is 6.29. The third-order valence-electron chi connectivity index (χ3n) is 3.27. The van der Waals surface area contributed by atoms with Crippen molar-refractivity contribution in [1.29, 1.82) is 0 Å². The highest BCUT2D eigenvalue weighted by Crippen LogP contribution is 2.39. The Kier molecular flexibility index (Phi) is 3.26. The van der Waals surface area contributed by atoms with Crippen molar-refractivity contribution in [3.05, 3.63) is 29.5 Å². The van der Waals surface area contributed by atoms with Gasteiger partial charge >= 0.3 is 5.97 Å². The summed E-state index contributed by atoms with van der Waals surface area (Å²) in [4.78, 5) is 11.1. The van der Waals surface area contributed by atoms with Gasteiger partial charge in [0.25, 0.3) is 0 Å². The molecule has 0 unspecified atom stereocenters. The number of carbonyl (C=O) groups is 1. The molecule has 0 atom stereocenters. The molecule has 0 aliphatic carbocycles. The van der Waals surface area contributed by atoms with E-state index in [1.165, 1.54) is 10.7 Å². The first kappa shape index (κ1) is 13.4. The van der Waals surface area contributed by atoms with Crippen molar-refractivity contribution < 1.29 is 24.1 Å². The van der Waals surface area contributed by atoms with Gasteiger partial charge in [-0.1, -0.05) is 0 Å². The molecule has 21 heavy (non-hydrogen) atoms. The summed E-state index contributed by atoms with van der Waals surface area (Å²) in [5.41, 5.74) is 2.36. The fraction of sp³-hybridized carbons (Fsp3) is 0.286. The Morgan fingerprint density at radius 3 is 2.71 bits per heavy atom. The highest BCUT2D eigenvalue weighted by Gasteiger charge is 2.21. The summed E-state index contributed by atoms with van der Waals surface area (Å²) in [7, 11) is 3.29. The predicted molar refractivity (Wildman–Crippen MR) is 72.4 cm³/mol. The van der Waals surface area contributed by atoms with E-state index in [0.717, 1.165) is 11.1 Å². The Hall–Kier alpha value is -2.54. The predicted octanol–water partition coefficient (Wildman–Crippen LogP) is 1.66. The van der Waals surface area contributed by atoms with E-state index in [4.69, 9.17) is 19.3 Å². The summed E-state index contributed by atoms with van der Waals surface area (Å²) in [5, 5.41) is 13.0. The molecule has 110 valence electrons. The van der Waals surface area contributed by atoms with Crippen LogP contribution in [0.4, 0.5) is 0 Å². The van der Waals surface area contributed by atoms with E-state index >= 15 is 0 Å². The van der Waals surface area contributed by atoms with E-state index in [9.17, 15) is 4.79 Å². The molecule has 1 aromatic heterocycles. The fourth-order valence-corrected chi connectivity index (χ4v) is 2.32. The van der Waals surface area contributed by atoms with Crippen LogP contribution in [0.25, 0.3) is 11.3 Å². The number of benzene rings is 1. The van der Waals surface area contributed by atoms with Crippen molar-refractivity contribution in [3.63, 3.8) is 0 Å². The van der Waals surface area contributed by atoms with E-state index in [1.807, 2.05) is 12.1 Å². The van der Waals surface area contributed by atoms with Crippen molar-refractivity contribution in [1.82, 2.24) is 9.78 Å². The average molecular weight is 290 g/mol. The first-order chi connectivity index (χ1) is 10.1. The maximum absolute atomic E-state index is 11.1. The van der Waals surface area contributed by atoms with Crippen LogP contribution < -0.4 is 9.47 Å². The van der Waals surface area contributed by atoms with E-state index in [2.05, 4.69) is 5.10 Å². The molecule has 0 radical (unpaired) electrons. The van der Waals surface area contributed by atoms with Crippen LogP contribution in [-0.2, 0) is 18.4 Å². The van der Waals surface area contributed by atoms with Crippen molar-refractivity contribution in [2.24, 2.45) is 7.05 Å². The maximum atomic E-state index is 11.1. The lowest BCUT2D eigenvalue weighted by atomic mass is 10.0. The zero-order valence-electron chi connectivity index (χ0n) is 11.6. The zero-order chi connectivity index (χ0) is 15.0. The van der Waals surface area contributed by atoms with Gasteiger partial charge in [0, 0.05) is 19.7 Å². The Morgan fingerprint density at radius 2 is 2.10 bits per heavy atom. The quantitative estimate of drug-likeness (QED) is 0.922. The Balaban J connectivity index is 2.14. The number of carboxylic acids is 1. The molecule has 0 amide bonds. The summed E-state index contributed by atoms with van der Waals surface area (Å²) in [6.07, 6.45) is 0. The van der Waals surface area contributed by atoms with Gasteiger partial charge in [-0.25, -0.2) is 4.79 Å². The minimum absolute atomic E-state index is 0.00599. The summed E-state index contributed by atoms with van der Waals surface area (Å²) >= 11 is 0. The molecule has 3 rings (SSSR count). The SMILES string of the molecule is COCc1cc2c(cc1-c1cc(C(=O)O)nn1C)OCO2. The van der Waals surface area contributed by atoms with Crippen LogP contribution >= 0.6 is 0 Å². The standard InChI is InChI=1S/C14H14N2O5/c1-16-11(5-10(15-16)14(17)18)9-4-13-12(20-7-21-13)3-8(9)6-19-2/h3-5H,6-7H2,1-2H3,(H,17,18). The molecule has 1 aromatic carbocycles. The second-order valence-electron chi connectivity index (χ2n) is 4.64. The van der Waals surface area contributed by atoms with Crippen LogP contribution in [0, 0.1) is 0 Å². The third-order valence-corrected chi connectivity index (χ3v) is 3.27. The molecule has 0 saturated carbocycles. The highest BCUT2D eigenvalue weighted by atomic mass is 16.7. The average Bonchev–Trinajstić information content (AvgIpc) is 3.04. The number of hydrogen-bond donors (Lipinski definition) is 1. The summed E-state index contributed by atoms with van der Waals surface area (Å²) in [5.74, 6) is 0.222. The number of carboxylic acid groups (broad SMARTS) is 1. The largest absolute Gasteiger partial charge is 0.476 e. The zero-order valence-corrected chi connectivity index (χ0v) is 11.6. The Labute approximate surface area is 120 Å². The van der Waals surface area contributed by atoms with Crippen molar-refractivity contribution in [3.8, 4) is 22.8 Å². The number of aromatic nitrogens is 2. The normalized spacial score (nSPS) is 12.7. The molecule has 0 bridgehead atoms. The minimum atomic E-state index is -1.06. The summed E-state index contributed by atoms with van der Waals surface area (Å²) in [6, 6.07) is 5.19. The summed E-state index contributed by atoms with van der Waals surface area (Å²) < 4.78 is 17.5. The van der Waals surface area contributed by atoms with Crippen LogP contribution in [-0.4, -0.2) is 34.8 Å². The molecule has 0 spiro atoms. The molecule has 1 aliphatic rings. The van der Waals surface area contributed by atoms with Gasteiger partial charge in [-0.05, 0) is 23.8 Å². The molecule has 2 aromatic rings. The lowest BCUT2D eigenvalue weighted by molar-refractivity contribution is 0.0689. The van der Waals surface area contributed by atoms with Crippen LogP contribution in [0.1, 0.15) is 16.1 Å². The smallest absolute Gasteiger partial charge is 0.356 e. The number of ether oxygens (including phenoxy) is 3. The van der Waals surface area contributed by atoms with Gasteiger partial charge in [-0.2, -0.15) is 5.10 Å². The van der Waals surface area contributed by atoms with Crippen molar-refractivity contribution >= 4 is 5.97 Å². The molecule has 0 saturated heterocycles. The number of aryl methyl sites for hydroxylation is 1. The van der Waals surface area contributed by atoms with E-state index in [1.54, 1.807) is 14.2 Å². The lowest BCUT2D eigenvalue weighted by Crippen LogP contribution is -2.00. The number of aromatic carboxylic acids is 1. The van der Waals surface area contributed by atoms with Gasteiger partial charge in [-0.15, -0.1) is 0 Å². The van der Waals surface area contributed by atoms with Gasteiger partial charge in [0.05, 0.1) is 12.3 Å². The molecular formula is C14H14N2O5.